The van der Waals surface area contributed by atoms with E-state index < -0.39 is 33.4 Å². The summed E-state index contributed by atoms with van der Waals surface area (Å²) in [5.74, 6) is -2.30. The van der Waals surface area contributed by atoms with Gasteiger partial charge in [0.05, 0.1) is 4.90 Å². The normalized spacial score (nSPS) is 18.5. The lowest BCUT2D eigenvalue weighted by atomic mass is 10.1. The number of hydrogen-bond donors (Lipinski definition) is 3. The van der Waals surface area contributed by atoms with Crippen molar-refractivity contribution in [3.8, 4) is 11.1 Å². The average molecular weight is 548 g/mol. The van der Waals surface area contributed by atoms with Crippen molar-refractivity contribution in [2.75, 3.05) is 5.32 Å². The molecule has 0 aliphatic heterocycles. The third kappa shape index (κ3) is 5.17. The highest BCUT2D eigenvalue weighted by atomic mass is 35.5. The van der Waals surface area contributed by atoms with Crippen molar-refractivity contribution in [1.82, 2.24) is 9.71 Å². The van der Waals surface area contributed by atoms with Crippen LogP contribution in [0.3, 0.4) is 0 Å². The second-order valence-electron chi connectivity index (χ2n) is 8.96. The summed E-state index contributed by atoms with van der Waals surface area (Å²) in [6.45, 7) is 0. The lowest BCUT2D eigenvalue weighted by Gasteiger charge is -2.16. The number of sulfonamides is 1. The molecule has 0 unspecified atom stereocenters. The number of hydrogen-bond acceptors (Lipinski definition) is 5. The second kappa shape index (κ2) is 10.0. The number of aromatic nitrogens is 1. The van der Waals surface area contributed by atoms with E-state index >= 15 is 0 Å². The number of aliphatic carboxylic acids is 1. The minimum absolute atomic E-state index is 0.0436. The Morgan fingerprint density at radius 3 is 2.24 bits per heavy atom. The quantitative estimate of drug-likeness (QED) is 0.287. The van der Waals surface area contributed by atoms with Crippen molar-refractivity contribution in [2.24, 2.45) is 0 Å². The number of carbonyl (C=O) groups is 2. The van der Waals surface area contributed by atoms with Gasteiger partial charge in [-0.05, 0) is 71.6 Å². The van der Waals surface area contributed by atoms with E-state index in [0.29, 0.717) is 16.3 Å². The van der Waals surface area contributed by atoms with Crippen molar-refractivity contribution in [1.29, 1.82) is 0 Å². The van der Waals surface area contributed by atoms with Gasteiger partial charge in [-0.2, -0.15) is 4.72 Å². The summed E-state index contributed by atoms with van der Waals surface area (Å²) in [6, 6.07) is 25.0. The van der Waals surface area contributed by atoms with Crippen molar-refractivity contribution in [3.05, 3.63) is 113 Å². The summed E-state index contributed by atoms with van der Waals surface area (Å²) < 4.78 is 28.8. The maximum atomic E-state index is 13.2. The van der Waals surface area contributed by atoms with Gasteiger partial charge in [-0.3, -0.25) is 14.6 Å². The zero-order valence-electron chi connectivity index (χ0n) is 19.8. The molecule has 0 bridgehead atoms. The third-order valence-corrected chi connectivity index (χ3v) is 8.22. The van der Waals surface area contributed by atoms with Gasteiger partial charge in [0.15, 0.2) is 0 Å². The summed E-state index contributed by atoms with van der Waals surface area (Å²) in [5, 5.41) is 13.3. The molecule has 3 aromatic carbocycles. The molecule has 3 N–H and O–H groups in total. The van der Waals surface area contributed by atoms with Crippen LogP contribution in [0.5, 0.6) is 0 Å². The number of nitrogens with one attached hydrogen (secondary N) is 2. The topological polar surface area (TPSA) is 125 Å². The average Bonchev–Trinajstić information content (AvgIpc) is 3.65. The number of carbonyl (C=O) groups excluding carboxylic acids is 1. The number of carboxylic acid groups (broad SMARTS) is 1. The van der Waals surface area contributed by atoms with E-state index in [0.717, 1.165) is 11.1 Å². The highest BCUT2D eigenvalue weighted by Crippen LogP contribution is 2.52. The molecule has 10 heteroatoms. The molecule has 0 radical (unpaired) electrons. The molecular weight excluding hydrogens is 526 g/mol. The first kappa shape index (κ1) is 25.6. The van der Waals surface area contributed by atoms with Gasteiger partial charge in [-0.1, -0.05) is 54.1 Å². The van der Waals surface area contributed by atoms with E-state index in [-0.39, 0.29) is 17.0 Å². The molecular formula is C28H22ClN3O5S. The number of halogens is 1. The third-order valence-electron chi connectivity index (χ3n) is 6.45. The Labute approximate surface area is 224 Å². The first-order valence-corrected chi connectivity index (χ1v) is 13.5. The SMILES string of the molecule is O=C(Nc1cccc([C@@H]2C[C@]2(NS(=O)(=O)c2ccc(-c3ccc(Cl)cc3)cc2)C(=O)O)c1)c1ccccn1. The first-order valence-electron chi connectivity index (χ1n) is 11.6. The van der Waals surface area contributed by atoms with Gasteiger partial charge in [0.1, 0.15) is 11.2 Å². The Morgan fingerprint density at radius 2 is 1.61 bits per heavy atom. The number of nitrogens with zero attached hydrogens (tertiary/aromatic N) is 1. The maximum absolute atomic E-state index is 13.2. The van der Waals surface area contributed by atoms with Crippen LogP contribution in [0, 0.1) is 0 Å². The van der Waals surface area contributed by atoms with Crippen molar-refractivity contribution in [2.45, 2.75) is 22.8 Å². The Balaban J connectivity index is 1.34. The number of amides is 1. The molecule has 0 saturated heterocycles. The zero-order chi connectivity index (χ0) is 26.9. The fraction of sp³-hybridized carbons (Fsp3) is 0.107. The number of pyridine rings is 1. The standard InChI is InChI=1S/C28H22ClN3O5S/c29-21-11-7-18(8-12-21)19-9-13-23(14-10-19)38(36,37)32-28(27(34)35)17-24(28)20-4-3-5-22(16-20)31-26(33)25-6-1-2-15-30-25/h1-16,24,32H,17H2,(H,31,33)(H,34,35)/t24-,28+/m0/s1. The second-order valence-corrected chi connectivity index (χ2v) is 11.1. The summed E-state index contributed by atoms with van der Waals surface area (Å²) in [4.78, 5) is 28.7. The van der Waals surface area contributed by atoms with E-state index in [4.69, 9.17) is 11.6 Å². The van der Waals surface area contributed by atoms with E-state index in [1.54, 1.807) is 66.7 Å². The Morgan fingerprint density at radius 1 is 0.921 bits per heavy atom. The molecule has 1 aliphatic rings. The van der Waals surface area contributed by atoms with E-state index in [2.05, 4.69) is 15.0 Å². The molecule has 1 heterocycles. The molecule has 38 heavy (non-hydrogen) atoms. The Hall–Kier alpha value is -4.05. The van der Waals surface area contributed by atoms with Crippen LogP contribution in [-0.2, 0) is 14.8 Å². The smallest absolute Gasteiger partial charge is 0.325 e. The minimum atomic E-state index is -4.14. The van der Waals surface area contributed by atoms with Gasteiger partial charge in [0.2, 0.25) is 10.0 Å². The molecule has 4 aromatic rings. The Kier molecular flexibility index (Phi) is 6.75. The lowest BCUT2D eigenvalue weighted by Crippen LogP contribution is -2.44. The molecule has 1 aliphatic carbocycles. The fourth-order valence-corrected chi connectivity index (χ4v) is 5.88. The molecule has 1 aromatic heterocycles. The van der Waals surface area contributed by atoms with Crippen LogP contribution in [0.2, 0.25) is 5.02 Å². The summed E-state index contributed by atoms with van der Waals surface area (Å²) >= 11 is 5.93. The zero-order valence-corrected chi connectivity index (χ0v) is 21.4. The Bertz CT molecular complexity index is 1610. The lowest BCUT2D eigenvalue weighted by molar-refractivity contribution is -0.140. The molecule has 5 rings (SSSR count). The summed E-state index contributed by atoms with van der Waals surface area (Å²) in [7, 11) is -4.14. The van der Waals surface area contributed by atoms with E-state index in [9.17, 15) is 23.1 Å². The van der Waals surface area contributed by atoms with Crippen LogP contribution < -0.4 is 10.0 Å². The van der Waals surface area contributed by atoms with Gasteiger partial charge in [-0.25, -0.2) is 8.42 Å². The molecule has 8 nitrogen and oxygen atoms in total. The van der Waals surface area contributed by atoms with Crippen LogP contribution >= 0.6 is 11.6 Å². The highest BCUT2D eigenvalue weighted by molar-refractivity contribution is 7.89. The first-order chi connectivity index (χ1) is 18.2. The highest BCUT2D eigenvalue weighted by Gasteiger charge is 2.63. The molecule has 192 valence electrons. The van der Waals surface area contributed by atoms with Crippen molar-refractivity contribution < 1.29 is 23.1 Å². The number of anilines is 1. The number of rotatable bonds is 8. The molecule has 1 saturated carbocycles. The summed E-state index contributed by atoms with van der Waals surface area (Å²) in [5.41, 5.74) is 1.24. The fourth-order valence-electron chi connectivity index (χ4n) is 4.35. The van der Waals surface area contributed by atoms with E-state index in [1.807, 2.05) is 12.1 Å². The molecule has 0 spiro atoms. The molecule has 1 amide bonds. The van der Waals surface area contributed by atoms with Gasteiger partial charge in [0, 0.05) is 22.8 Å². The van der Waals surface area contributed by atoms with Gasteiger partial charge >= 0.3 is 5.97 Å². The molecule has 1 fully saturated rings. The maximum Gasteiger partial charge on any atom is 0.325 e. The molecule has 2 atom stereocenters. The van der Waals surface area contributed by atoms with Gasteiger partial charge in [-0.15, -0.1) is 0 Å². The van der Waals surface area contributed by atoms with Gasteiger partial charge < -0.3 is 10.4 Å². The van der Waals surface area contributed by atoms with Crippen LogP contribution in [-0.4, -0.2) is 35.9 Å². The largest absolute Gasteiger partial charge is 0.480 e. The van der Waals surface area contributed by atoms with E-state index in [1.165, 1.54) is 18.3 Å². The number of carboxylic acids is 1. The summed E-state index contributed by atoms with van der Waals surface area (Å²) in [6.07, 6.45) is 1.58. The predicted molar refractivity (Wildman–Crippen MR) is 144 cm³/mol. The monoisotopic (exact) mass is 547 g/mol. The van der Waals surface area contributed by atoms with Crippen LogP contribution in [0.4, 0.5) is 5.69 Å². The van der Waals surface area contributed by atoms with Crippen molar-refractivity contribution in [3.63, 3.8) is 0 Å². The number of benzene rings is 3. The van der Waals surface area contributed by atoms with Crippen molar-refractivity contribution >= 4 is 39.2 Å². The minimum Gasteiger partial charge on any atom is -0.480 e. The van der Waals surface area contributed by atoms with Crippen LogP contribution in [0.15, 0.2) is 102 Å². The van der Waals surface area contributed by atoms with Gasteiger partial charge in [0.25, 0.3) is 5.91 Å². The predicted octanol–water partition coefficient (Wildman–Crippen LogP) is 4.94. The van der Waals surface area contributed by atoms with Crippen LogP contribution in [0.25, 0.3) is 11.1 Å². The van der Waals surface area contributed by atoms with Crippen LogP contribution in [0.1, 0.15) is 28.4 Å².